The minimum atomic E-state index is 0.157. The minimum absolute atomic E-state index is 0.157. The maximum absolute atomic E-state index is 9.08. The van der Waals surface area contributed by atoms with Crippen molar-refractivity contribution in [1.82, 2.24) is 9.88 Å². The van der Waals surface area contributed by atoms with Crippen LogP contribution in [-0.2, 0) is 0 Å². The highest BCUT2D eigenvalue weighted by Gasteiger charge is 2.24. The van der Waals surface area contributed by atoms with E-state index >= 15 is 0 Å². The fraction of sp³-hybridized carbons (Fsp3) is 0.643. The Labute approximate surface area is 114 Å². The molecule has 0 radical (unpaired) electrons. The third-order valence-corrected chi connectivity index (χ3v) is 3.78. The zero-order valence-electron chi connectivity index (χ0n) is 11.3. The molecule has 0 spiro atoms. The van der Waals surface area contributed by atoms with E-state index in [1.807, 2.05) is 24.5 Å². The highest BCUT2D eigenvalue weighted by molar-refractivity contribution is 5.44. The summed E-state index contributed by atoms with van der Waals surface area (Å²) in [5, 5.41) is 18.2. The van der Waals surface area contributed by atoms with Crippen LogP contribution in [-0.4, -0.2) is 65.5 Å². The summed E-state index contributed by atoms with van der Waals surface area (Å²) in [6, 6.07) is 4.55. The van der Waals surface area contributed by atoms with Crippen molar-refractivity contribution in [2.45, 2.75) is 18.9 Å². The highest BCUT2D eigenvalue weighted by Crippen LogP contribution is 2.21. The normalized spacial score (nSPS) is 17.1. The van der Waals surface area contributed by atoms with E-state index in [-0.39, 0.29) is 13.2 Å². The molecule has 0 aliphatic carbocycles. The van der Waals surface area contributed by atoms with Gasteiger partial charge in [0.15, 0.2) is 0 Å². The van der Waals surface area contributed by atoms with E-state index in [1.165, 1.54) is 5.69 Å². The number of aromatic nitrogens is 1. The molecule has 5 nitrogen and oxygen atoms in total. The van der Waals surface area contributed by atoms with Crippen molar-refractivity contribution < 1.29 is 10.2 Å². The molecule has 1 saturated heterocycles. The van der Waals surface area contributed by atoms with Gasteiger partial charge in [-0.05, 0) is 25.0 Å². The maximum Gasteiger partial charge on any atom is 0.0558 e. The molecule has 1 aliphatic heterocycles. The molecule has 0 amide bonds. The maximum atomic E-state index is 9.08. The zero-order valence-corrected chi connectivity index (χ0v) is 11.3. The first kappa shape index (κ1) is 14.2. The fourth-order valence-electron chi connectivity index (χ4n) is 2.78. The summed E-state index contributed by atoms with van der Waals surface area (Å²) in [7, 11) is 0. The molecule has 2 N–H and O–H groups in total. The lowest BCUT2D eigenvalue weighted by Crippen LogP contribution is -2.46. The Hall–Kier alpha value is -1.17. The van der Waals surface area contributed by atoms with Crippen molar-refractivity contribution in [3.8, 4) is 0 Å². The number of aliphatic hydroxyl groups excluding tert-OH is 2. The van der Waals surface area contributed by atoms with Crippen molar-refractivity contribution in [3.05, 3.63) is 24.5 Å². The first-order valence-corrected chi connectivity index (χ1v) is 6.96. The topological polar surface area (TPSA) is 59.8 Å². The van der Waals surface area contributed by atoms with E-state index in [9.17, 15) is 0 Å². The molecular formula is C14H23N3O2. The number of anilines is 1. The van der Waals surface area contributed by atoms with E-state index in [1.54, 1.807) is 0 Å². The summed E-state index contributed by atoms with van der Waals surface area (Å²) in [6.45, 7) is 3.65. The van der Waals surface area contributed by atoms with Gasteiger partial charge in [0.2, 0.25) is 0 Å². The number of piperidine rings is 1. The first-order chi connectivity index (χ1) is 9.35. The summed E-state index contributed by atoms with van der Waals surface area (Å²) < 4.78 is 0. The summed E-state index contributed by atoms with van der Waals surface area (Å²) in [5.41, 5.74) is 1.23. The molecule has 0 atom stereocenters. The number of aliphatic hydroxyl groups is 2. The second kappa shape index (κ2) is 7.43. The average molecular weight is 265 g/mol. The molecule has 19 heavy (non-hydrogen) atoms. The van der Waals surface area contributed by atoms with Gasteiger partial charge in [-0.1, -0.05) is 0 Å². The van der Waals surface area contributed by atoms with Gasteiger partial charge in [0.25, 0.3) is 0 Å². The minimum Gasteiger partial charge on any atom is -0.395 e. The molecular weight excluding hydrogens is 242 g/mol. The molecule has 1 aromatic rings. The molecule has 0 bridgehead atoms. The van der Waals surface area contributed by atoms with Crippen LogP contribution in [0.2, 0.25) is 0 Å². The lowest BCUT2D eigenvalue weighted by molar-refractivity contribution is 0.108. The Morgan fingerprint density at radius 1 is 1.11 bits per heavy atom. The lowest BCUT2D eigenvalue weighted by Gasteiger charge is -2.39. The van der Waals surface area contributed by atoms with Crippen molar-refractivity contribution in [2.75, 3.05) is 44.3 Å². The van der Waals surface area contributed by atoms with Crippen LogP contribution >= 0.6 is 0 Å². The van der Waals surface area contributed by atoms with Gasteiger partial charge in [0.05, 0.1) is 13.2 Å². The number of rotatable bonds is 6. The molecule has 0 aromatic carbocycles. The molecule has 2 heterocycles. The van der Waals surface area contributed by atoms with Crippen LogP contribution in [0.4, 0.5) is 5.69 Å². The lowest BCUT2D eigenvalue weighted by atomic mass is 10.0. The molecule has 5 heteroatoms. The first-order valence-electron chi connectivity index (χ1n) is 6.96. The Bertz CT molecular complexity index is 347. The van der Waals surface area contributed by atoms with Gasteiger partial charge >= 0.3 is 0 Å². The zero-order chi connectivity index (χ0) is 13.5. The van der Waals surface area contributed by atoms with E-state index in [2.05, 4.69) is 14.8 Å². The number of nitrogens with zero attached hydrogens (tertiary/aromatic N) is 3. The Balaban J connectivity index is 1.87. The Morgan fingerprint density at radius 2 is 1.68 bits per heavy atom. The SMILES string of the molecule is OCCN(CCO)C1CCN(c2ccncc2)CC1. The highest BCUT2D eigenvalue weighted by atomic mass is 16.3. The third kappa shape index (κ3) is 3.89. The van der Waals surface area contributed by atoms with Crippen LogP contribution < -0.4 is 4.90 Å². The van der Waals surface area contributed by atoms with Crippen molar-refractivity contribution in [1.29, 1.82) is 0 Å². The fourth-order valence-corrected chi connectivity index (χ4v) is 2.78. The molecule has 106 valence electrons. The van der Waals surface area contributed by atoms with Crippen LogP contribution in [0.3, 0.4) is 0 Å². The third-order valence-electron chi connectivity index (χ3n) is 3.78. The van der Waals surface area contributed by atoms with Crippen LogP contribution in [0.25, 0.3) is 0 Å². The smallest absolute Gasteiger partial charge is 0.0558 e. The number of pyridine rings is 1. The molecule has 1 fully saturated rings. The van der Waals surface area contributed by atoms with E-state index in [0.29, 0.717) is 19.1 Å². The number of hydrogen-bond donors (Lipinski definition) is 2. The number of hydrogen-bond acceptors (Lipinski definition) is 5. The van der Waals surface area contributed by atoms with Gasteiger partial charge in [0.1, 0.15) is 0 Å². The van der Waals surface area contributed by atoms with Gasteiger partial charge < -0.3 is 15.1 Å². The van der Waals surface area contributed by atoms with Gasteiger partial charge in [-0.15, -0.1) is 0 Å². The molecule has 0 saturated carbocycles. The second-order valence-electron chi connectivity index (χ2n) is 4.91. The standard InChI is InChI=1S/C14H23N3O2/c18-11-9-17(10-12-19)14-3-7-16(8-4-14)13-1-5-15-6-2-13/h1-2,5-6,14,18-19H,3-4,7-12H2. The van der Waals surface area contributed by atoms with E-state index < -0.39 is 0 Å². The van der Waals surface area contributed by atoms with Crippen LogP contribution in [0, 0.1) is 0 Å². The monoisotopic (exact) mass is 265 g/mol. The van der Waals surface area contributed by atoms with Crippen molar-refractivity contribution in [3.63, 3.8) is 0 Å². The van der Waals surface area contributed by atoms with Gasteiger partial charge in [-0.3, -0.25) is 9.88 Å². The van der Waals surface area contributed by atoms with Gasteiger partial charge in [-0.25, -0.2) is 0 Å². The summed E-state index contributed by atoms with van der Waals surface area (Å²) in [5.74, 6) is 0. The Kier molecular flexibility index (Phi) is 5.57. The van der Waals surface area contributed by atoms with Crippen molar-refractivity contribution >= 4 is 5.69 Å². The largest absolute Gasteiger partial charge is 0.395 e. The average Bonchev–Trinajstić information content (AvgIpc) is 2.48. The molecule has 2 rings (SSSR count). The summed E-state index contributed by atoms with van der Waals surface area (Å²) in [4.78, 5) is 8.61. The van der Waals surface area contributed by atoms with Crippen LogP contribution in [0.15, 0.2) is 24.5 Å². The van der Waals surface area contributed by atoms with E-state index in [0.717, 1.165) is 25.9 Å². The van der Waals surface area contributed by atoms with Crippen molar-refractivity contribution in [2.24, 2.45) is 0 Å². The predicted octanol–water partition coefficient (Wildman–Crippen LogP) is 0.337. The Morgan fingerprint density at radius 3 is 2.21 bits per heavy atom. The predicted molar refractivity (Wildman–Crippen MR) is 75.2 cm³/mol. The second-order valence-corrected chi connectivity index (χ2v) is 4.91. The van der Waals surface area contributed by atoms with Gasteiger partial charge in [0, 0.05) is 50.3 Å². The van der Waals surface area contributed by atoms with Crippen LogP contribution in [0.1, 0.15) is 12.8 Å². The van der Waals surface area contributed by atoms with E-state index in [4.69, 9.17) is 10.2 Å². The molecule has 1 aromatic heterocycles. The quantitative estimate of drug-likeness (QED) is 0.776. The summed E-state index contributed by atoms with van der Waals surface area (Å²) in [6.07, 6.45) is 5.79. The molecule has 1 aliphatic rings. The summed E-state index contributed by atoms with van der Waals surface area (Å²) >= 11 is 0. The van der Waals surface area contributed by atoms with Gasteiger partial charge in [-0.2, -0.15) is 0 Å². The van der Waals surface area contributed by atoms with Crippen LogP contribution in [0.5, 0.6) is 0 Å². The molecule has 0 unspecified atom stereocenters.